The van der Waals surface area contributed by atoms with Crippen LogP contribution in [0.5, 0.6) is 5.75 Å². The topological polar surface area (TPSA) is 73.8 Å². The molecule has 0 radical (unpaired) electrons. The van der Waals surface area contributed by atoms with Gasteiger partial charge in [0.05, 0.1) is 22.0 Å². The van der Waals surface area contributed by atoms with E-state index in [-0.39, 0.29) is 23.2 Å². The highest BCUT2D eigenvalue weighted by Crippen LogP contribution is 2.36. The first-order chi connectivity index (χ1) is 16.5. The number of nitrogens with zero attached hydrogens (tertiary/aromatic N) is 2. The quantitative estimate of drug-likeness (QED) is 0.237. The summed E-state index contributed by atoms with van der Waals surface area (Å²) in [5, 5.41) is 13.7. The van der Waals surface area contributed by atoms with Gasteiger partial charge in [0, 0.05) is 42.0 Å². The Hall–Kier alpha value is -3.07. The van der Waals surface area contributed by atoms with Crippen molar-refractivity contribution in [1.29, 1.82) is 0 Å². The van der Waals surface area contributed by atoms with Crippen LogP contribution >= 0.6 is 24.0 Å². The maximum atomic E-state index is 12.8. The molecule has 0 bridgehead atoms. The molecule has 0 amide bonds. The lowest BCUT2D eigenvalue weighted by molar-refractivity contribution is -0.137. The molecule has 0 aliphatic rings. The van der Waals surface area contributed by atoms with Gasteiger partial charge in [0.2, 0.25) is 0 Å². The zero-order chi connectivity index (χ0) is 25.2. The third kappa shape index (κ3) is 6.19. The van der Waals surface area contributed by atoms with Crippen molar-refractivity contribution in [1.82, 2.24) is 20.3 Å². The van der Waals surface area contributed by atoms with Gasteiger partial charge in [-0.2, -0.15) is 13.2 Å². The number of rotatable bonds is 7. The van der Waals surface area contributed by atoms with Gasteiger partial charge in [0.25, 0.3) is 0 Å². The lowest BCUT2D eigenvalue weighted by Crippen LogP contribution is -2.33. The van der Waals surface area contributed by atoms with E-state index < -0.39 is 17.2 Å². The molecule has 190 valence electrons. The molecule has 0 spiro atoms. The predicted molar refractivity (Wildman–Crippen MR) is 137 cm³/mol. The number of hydrogen-bond acceptors (Lipinski definition) is 4. The second kappa shape index (κ2) is 10.9. The van der Waals surface area contributed by atoms with E-state index in [1.165, 1.54) is 12.1 Å². The molecule has 4 aromatic rings. The molecule has 4 rings (SSSR count). The molecule has 3 N–H and O–H groups in total. The van der Waals surface area contributed by atoms with Crippen LogP contribution in [0, 0.1) is 0 Å². The van der Waals surface area contributed by atoms with Crippen LogP contribution in [0.15, 0.2) is 67.0 Å². The molecule has 0 aliphatic heterocycles. The van der Waals surface area contributed by atoms with E-state index in [0.29, 0.717) is 30.2 Å². The average molecular weight is 537 g/mol. The van der Waals surface area contributed by atoms with Gasteiger partial charge >= 0.3 is 6.18 Å². The SMILES string of the molecule is CC(C)(CNCc1ccc(C(F)(F)F)cc1)c1nc(-c2ccc(Cl)c(O)c2)c(-c2ccncc2)[nH]1.Cl. The van der Waals surface area contributed by atoms with Gasteiger partial charge in [-0.05, 0) is 42.0 Å². The summed E-state index contributed by atoms with van der Waals surface area (Å²) in [5.41, 5.74) is 2.67. The smallest absolute Gasteiger partial charge is 0.416 e. The van der Waals surface area contributed by atoms with Crippen LogP contribution < -0.4 is 5.32 Å². The summed E-state index contributed by atoms with van der Waals surface area (Å²) in [6, 6.07) is 13.8. The molecular weight excluding hydrogens is 512 g/mol. The fourth-order valence-electron chi connectivity index (χ4n) is 3.70. The van der Waals surface area contributed by atoms with Crippen molar-refractivity contribution in [2.75, 3.05) is 6.54 Å². The van der Waals surface area contributed by atoms with Crippen LogP contribution in [-0.2, 0) is 18.1 Å². The van der Waals surface area contributed by atoms with Gasteiger partial charge in [-0.3, -0.25) is 4.98 Å². The van der Waals surface area contributed by atoms with E-state index >= 15 is 0 Å². The van der Waals surface area contributed by atoms with E-state index in [4.69, 9.17) is 16.6 Å². The molecule has 10 heteroatoms. The molecule has 0 fully saturated rings. The predicted octanol–water partition coefficient (Wildman–Crippen LogP) is 7.01. The standard InChI is InChI=1S/C26H24ClF3N4O.ClH/c1-25(2,15-32-14-16-3-6-19(7-4-16)26(28,29)30)24-33-22(17-9-11-31-12-10-17)23(34-24)18-5-8-20(27)21(35)13-18;/h3-13,32,35H,14-15H2,1-2H3,(H,33,34);1H. The molecule has 2 aromatic heterocycles. The van der Waals surface area contributed by atoms with Crippen molar-refractivity contribution in [2.45, 2.75) is 32.0 Å². The molecule has 0 saturated carbocycles. The van der Waals surface area contributed by atoms with Crippen molar-refractivity contribution >= 4 is 24.0 Å². The Morgan fingerprint density at radius 1 is 0.972 bits per heavy atom. The molecule has 0 atom stereocenters. The van der Waals surface area contributed by atoms with Gasteiger partial charge in [-0.25, -0.2) is 4.98 Å². The van der Waals surface area contributed by atoms with Gasteiger partial charge in [0.1, 0.15) is 11.6 Å². The number of H-pyrrole nitrogens is 1. The van der Waals surface area contributed by atoms with Crippen LogP contribution in [0.4, 0.5) is 13.2 Å². The number of benzene rings is 2. The summed E-state index contributed by atoms with van der Waals surface area (Å²) >= 11 is 5.99. The number of hydrogen-bond donors (Lipinski definition) is 3. The van der Waals surface area contributed by atoms with Gasteiger partial charge in [-0.1, -0.05) is 43.6 Å². The Labute approximate surface area is 218 Å². The average Bonchev–Trinajstić information content (AvgIpc) is 3.28. The first kappa shape index (κ1) is 27.5. The maximum absolute atomic E-state index is 12.8. The molecule has 0 unspecified atom stereocenters. The molecule has 0 saturated heterocycles. The molecule has 5 nitrogen and oxygen atoms in total. The maximum Gasteiger partial charge on any atom is 0.416 e. The summed E-state index contributed by atoms with van der Waals surface area (Å²) < 4.78 is 38.4. The number of alkyl halides is 3. The zero-order valence-electron chi connectivity index (χ0n) is 19.5. The fraction of sp³-hybridized carbons (Fsp3) is 0.231. The van der Waals surface area contributed by atoms with E-state index in [2.05, 4.69) is 15.3 Å². The van der Waals surface area contributed by atoms with E-state index in [9.17, 15) is 18.3 Å². The number of imidazole rings is 1. The summed E-state index contributed by atoms with van der Waals surface area (Å²) in [6.07, 6.45) is -0.968. The molecule has 0 aliphatic carbocycles. The Balaban J connectivity index is 0.00000361. The molecule has 2 aromatic carbocycles. The van der Waals surface area contributed by atoms with Crippen LogP contribution in [0.2, 0.25) is 5.02 Å². The zero-order valence-corrected chi connectivity index (χ0v) is 21.1. The Morgan fingerprint density at radius 3 is 2.25 bits per heavy atom. The number of nitrogens with one attached hydrogen (secondary N) is 2. The first-order valence-corrected chi connectivity index (χ1v) is 11.3. The van der Waals surface area contributed by atoms with Gasteiger partial charge in [-0.15, -0.1) is 12.4 Å². The van der Waals surface area contributed by atoms with Crippen molar-refractivity contribution < 1.29 is 18.3 Å². The Kier molecular flexibility index (Phi) is 8.33. The van der Waals surface area contributed by atoms with Crippen LogP contribution in [0.3, 0.4) is 0 Å². The first-order valence-electron chi connectivity index (χ1n) is 10.9. The highest BCUT2D eigenvalue weighted by atomic mass is 35.5. The third-order valence-electron chi connectivity index (χ3n) is 5.71. The second-order valence-corrected chi connectivity index (χ2v) is 9.30. The van der Waals surface area contributed by atoms with Crippen LogP contribution in [0.1, 0.15) is 30.8 Å². The van der Waals surface area contributed by atoms with Crippen molar-refractivity contribution in [3.05, 3.63) is 89.0 Å². The normalized spacial score (nSPS) is 11.8. The van der Waals surface area contributed by atoms with Crippen molar-refractivity contribution in [3.63, 3.8) is 0 Å². The largest absolute Gasteiger partial charge is 0.506 e. The number of phenols is 1. The number of pyridine rings is 1. The highest BCUT2D eigenvalue weighted by Gasteiger charge is 2.30. The van der Waals surface area contributed by atoms with Gasteiger partial charge in [0.15, 0.2) is 0 Å². The van der Waals surface area contributed by atoms with Crippen molar-refractivity contribution in [3.8, 4) is 28.3 Å². The summed E-state index contributed by atoms with van der Waals surface area (Å²) in [5.74, 6) is 0.681. The van der Waals surface area contributed by atoms with E-state index in [1.807, 2.05) is 26.0 Å². The third-order valence-corrected chi connectivity index (χ3v) is 6.03. The number of halogens is 5. The monoisotopic (exact) mass is 536 g/mol. The summed E-state index contributed by atoms with van der Waals surface area (Å²) in [6.45, 7) is 4.97. The molecular formula is C26H25Cl2F3N4O. The number of aromatic hydroxyl groups is 1. The summed E-state index contributed by atoms with van der Waals surface area (Å²) in [7, 11) is 0. The van der Waals surface area contributed by atoms with Gasteiger partial charge < -0.3 is 15.4 Å². The minimum absolute atomic E-state index is 0. The number of aromatic amines is 1. The lowest BCUT2D eigenvalue weighted by atomic mass is 9.92. The number of aromatic nitrogens is 3. The fourth-order valence-corrected chi connectivity index (χ4v) is 3.82. The van der Waals surface area contributed by atoms with Crippen molar-refractivity contribution in [2.24, 2.45) is 0 Å². The number of phenolic OH excluding ortho intramolecular Hbond substituents is 1. The van der Waals surface area contributed by atoms with E-state index in [1.54, 1.807) is 30.6 Å². The summed E-state index contributed by atoms with van der Waals surface area (Å²) in [4.78, 5) is 12.4. The van der Waals surface area contributed by atoms with E-state index in [0.717, 1.165) is 29.0 Å². The Bertz CT molecular complexity index is 1310. The highest BCUT2D eigenvalue weighted by molar-refractivity contribution is 6.32. The molecule has 36 heavy (non-hydrogen) atoms. The molecule has 2 heterocycles. The Morgan fingerprint density at radius 2 is 1.64 bits per heavy atom. The van der Waals surface area contributed by atoms with Crippen LogP contribution in [0.25, 0.3) is 22.5 Å². The lowest BCUT2D eigenvalue weighted by Gasteiger charge is -2.23. The van der Waals surface area contributed by atoms with Crippen LogP contribution in [-0.4, -0.2) is 26.6 Å². The minimum atomic E-state index is -4.35. The second-order valence-electron chi connectivity index (χ2n) is 8.89. The minimum Gasteiger partial charge on any atom is -0.506 e.